The van der Waals surface area contributed by atoms with E-state index in [4.69, 9.17) is 4.74 Å². The van der Waals surface area contributed by atoms with Gasteiger partial charge in [0.25, 0.3) is 5.91 Å². The van der Waals surface area contributed by atoms with Crippen molar-refractivity contribution < 1.29 is 19.1 Å². The molecule has 1 aliphatic rings. The summed E-state index contributed by atoms with van der Waals surface area (Å²) < 4.78 is 5.05. The number of imide groups is 3. The second-order valence-electron chi connectivity index (χ2n) is 4.61. The van der Waals surface area contributed by atoms with Crippen LogP contribution in [0, 0.1) is 0 Å². The molecule has 6 nitrogen and oxygen atoms in total. The number of hydrogen-bond donors (Lipinski definition) is 0. The fourth-order valence-corrected chi connectivity index (χ4v) is 2.02. The molecule has 0 aromatic heterocycles. The lowest BCUT2D eigenvalue weighted by molar-refractivity contribution is -0.138. The summed E-state index contributed by atoms with van der Waals surface area (Å²) in [7, 11) is 3.08. The van der Waals surface area contributed by atoms with Crippen LogP contribution in [0.4, 0.5) is 4.79 Å². The van der Waals surface area contributed by atoms with E-state index in [9.17, 15) is 14.4 Å². The minimum atomic E-state index is -0.547. The summed E-state index contributed by atoms with van der Waals surface area (Å²) >= 11 is 0. The Morgan fingerprint density at radius 3 is 2.40 bits per heavy atom. The van der Waals surface area contributed by atoms with E-state index in [0.717, 1.165) is 16.2 Å². The van der Waals surface area contributed by atoms with Gasteiger partial charge in [0.05, 0.1) is 7.11 Å². The third kappa shape index (κ3) is 2.79. The van der Waals surface area contributed by atoms with Crippen LogP contribution in [0.1, 0.15) is 12.0 Å². The second kappa shape index (κ2) is 5.73. The zero-order chi connectivity index (χ0) is 14.7. The fourth-order valence-electron chi connectivity index (χ4n) is 2.02. The van der Waals surface area contributed by atoms with Crippen LogP contribution < -0.4 is 4.74 Å². The van der Waals surface area contributed by atoms with E-state index in [1.807, 2.05) is 12.1 Å². The molecule has 1 saturated heterocycles. The van der Waals surface area contributed by atoms with E-state index < -0.39 is 17.8 Å². The molecule has 2 rings (SSSR count). The smallest absolute Gasteiger partial charge is 0.333 e. The van der Waals surface area contributed by atoms with E-state index >= 15 is 0 Å². The summed E-state index contributed by atoms with van der Waals surface area (Å²) in [6.45, 7) is -0.0346. The van der Waals surface area contributed by atoms with Gasteiger partial charge in [0.15, 0.2) is 0 Å². The van der Waals surface area contributed by atoms with Gasteiger partial charge in [-0.1, -0.05) is 12.1 Å². The minimum Gasteiger partial charge on any atom is -0.497 e. The molecule has 0 spiro atoms. The van der Waals surface area contributed by atoms with E-state index in [1.165, 1.54) is 11.9 Å². The summed E-state index contributed by atoms with van der Waals surface area (Å²) in [4.78, 5) is 37.1. The zero-order valence-electron chi connectivity index (χ0n) is 11.5. The number of rotatable bonds is 4. The monoisotopic (exact) mass is 276 g/mol. The number of nitrogens with zero attached hydrogens (tertiary/aromatic N) is 2. The van der Waals surface area contributed by atoms with E-state index in [0.29, 0.717) is 6.42 Å². The molecule has 1 fully saturated rings. The van der Waals surface area contributed by atoms with Gasteiger partial charge in [-0.2, -0.15) is 4.90 Å². The number of benzene rings is 1. The first kappa shape index (κ1) is 14.0. The average molecular weight is 276 g/mol. The lowest BCUT2D eigenvalue weighted by Crippen LogP contribution is -2.37. The molecule has 4 amide bonds. The Morgan fingerprint density at radius 2 is 1.90 bits per heavy atom. The molecular weight excluding hydrogens is 260 g/mol. The maximum Gasteiger partial charge on any atom is 0.333 e. The van der Waals surface area contributed by atoms with Gasteiger partial charge >= 0.3 is 6.03 Å². The number of carbonyl (C=O) groups is 3. The number of ether oxygens (including phenoxy) is 1. The van der Waals surface area contributed by atoms with E-state index in [-0.39, 0.29) is 13.0 Å². The average Bonchev–Trinajstić information content (AvgIpc) is 2.70. The van der Waals surface area contributed by atoms with Crippen LogP contribution in [0.25, 0.3) is 0 Å². The van der Waals surface area contributed by atoms with Crippen molar-refractivity contribution >= 4 is 17.8 Å². The van der Waals surface area contributed by atoms with Gasteiger partial charge in [0, 0.05) is 13.5 Å². The molecule has 6 heteroatoms. The van der Waals surface area contributed by atoms with Gasteiger partial charge in [0.2, 0.25) is 5.91 Å². The van der Waals surface area contributed by atoms with Gasteiger partial charge in [-0.3, -0.25) is 9.59 Å². The minimum absolute atomic E-state index is 0.0346. The molecule has 0 unspecified atom stereocenters. The highest BCUT2D eigenvalue weighted by atomic mass is 16.5. The summed E-state index contributed by atoms with van der Waals surface area (Å²) in [5.74, 6) is -0.177. The summed E-state index contributed by atoms with van der Waals surface area (Å²) in [5, 5.41) is 0. The molecule has 0 bridgehead atoms. The quantitative estimate of drug-likeness (QED) is 0.771. The predicted molar refractivity (Wildman–Crippen MR) is 71.2 cm³/mol. The summed E-state index contributed by atoms with van der Waals surface area (Å²) in [6, 6.07) is 6.77. The lowest BCUT2D eigenvalue weighted by Gasteiger charge is -2.12. The molecule has 1 aromatic rings. The van der Waals surface area contributed by atoms with Gasteiger partial charge in [-0.05, 0) is 24.1 Å². The Balaban J connectivity index is 1.95. The highest BCUT2D eigenvalue weighted by Crippen LogP contribution is 2.15. The van der Waals surface area contributed by atoms with Crippen LogP contribution in [-0.4, -0.2) is 48.3 Å². The number of likely N-dealkylation sites (N-methyl/N-ethyl adjacent to an activating group) is 1. The van der Waals surface area contributed by atoms with Crippen molar-refractivity contribution in [3.63, 3.8) is 0 Å². The molecule has 1 aromatic carbocycles. The van der Waals surface area contributed by atoms with Crippen LogP contribution in [0.15, 0.2) is 24.3 Å². The molecule has 1 aliphatic heterocycles. The third-order valence-electron chi connectivity index (χ3n) is 3.18. The predicted octanol–water partition coefficient (Wildman–Crippen LogP) is 1.05. The number of urea groups is 1. The van der Waals surface area contributed by atoms with Crippen molar-refractivity contribution in [1.82, 2.24) is 9.80 Å². The van der Waals surface area contributed by atoms with Crippen LogP contribution in [0.3, 0.4) is 0 Å². The number of amides is 4. The lowest BCUT2D eigenvalue weighted by atomic mass is 10.1. The SMILES string of the molecule is COc1ccc(CCC(=O)N2C(=O)CN(C)C2=O)cc1. The van der Waals surface area contributed by atoms with Crippen molar-refractivity contribution in [3.8, 4) is 5.75 Å². The first-order valence-corrected chi connectivity index (χ1v) is 6.26. The standard InChI is InChI=1S/C14H16N2O4/c1-15-9-13(18)16(14(15)19)12(17)8-5-10-3-6-11(20-2)7-4-10/h3-4,6-7H,5,8-9H2,1-2H3. The van der Waals surface area contributed by atoms with Crippen molar-refractivity contribution in [1.29, 1.82) is 0 Å². The fraction of sp³-hybridized carbons (Fsp3) is 0.357. The van der Waals surface area contributed by atoms with Crippen molar-refractivity contribution in [2.24, 2.45) is 0 Å². The number of hydrogen-bond acceptors (Lipinski definition) is 4. The first-order chi connectivity index (χ1) is 9.52. The van der Waals surface area contributed by atoms with Crippen molar-refractivity contribution in [2.75, 3.05) is 20.7 Å². The second-order valence-corrected chi connectivity index (χ2v) is 4.61. The van der Waals surface area contributed by atoms with Gasteiger partial charge in [-0.25, -0.2) is 4.79 Å². The number of carbonyl (C=O) groups excluding carboxylic acids is 3. The van der Waals surface area contributed by atoms with Crippen LogP contribution in [0.2, 0.25) is 0 Å². The van der Waals surface area contributed by atoms with Crippen molar-refractivity contribution in [3.05, 3.63) is 29.8 Å². The highest BCUT2D eigenvalue weighted by Gasteiger charge is 2.37. The zero-order valence-corrected chi connectivity index (χ0v) is 11.5. The van der Waals surface area contributed by atoms with Gasteiger partial charge < -0.3 is 9.64 Å². The van der Waals surface area contributed by atoms with E-state index in [2.05, 4.69) is 0 Å². The Kier molecular flexibility index (Phi) is 4.02. The molecule has 0 aliphatic carbocycles. The molecule has 1 heterocycles. The van der Waals surface area contributed by atoms with Gasteiger partial charge in [0.1, 0.15) is 12.3 Å². The maximum absolute atomic E-state index is 11.9. The Hall–Kier alpha value is -2.37. The number of aryl methyl sites for hydroxylation is 1. The molecule has 20 heavy (non-hydrogen) atoms. The maximum atomic E-state index is 11.9. The third-order valence-corrected chi connectivity index (χ3v) is 3.18. The molecule has 0 saturated carbocycles. The molecule has 0 radical (unpaired) electrons. The normalized spacial score (nSPS) is 14.9. The summed E-state index contributed by atoms with van der Waals surface area (Å²) in [5.41, 5.74) is 0.951. The van der Waals surface area contributed by atoms with E-state index in [1.54, 1.807) is 19.2 Å². The molecule has 0 atom stereocenters. The first-order valence-electron chi connectivity index (χ1n) is 6.26. The van der Waals surface area contributed by atoms with Crippen molar-refractivity contribution in [2.45, 2.75) is 12.8 Å². The summed E-state index contributed by atoms with van der Waals surface area (Å²) in [6.07, 6.45) is 0.598. The molecule has 106 valence electrons. The Bertz CT molecular complexity index is 539. The number of methoxy groups -OCH3 is 1. The topological polar surface area (TPSA) is 66.9 Å². The largest absolute Gasteiger partial charge is 0.497 e. The Labute approximate surface area is 116 Å². The molecule has 0 N–H and O–H groups in total. The molecular formula is C14H16N2O4. The van der Waals surface area contributed by atoms with Crippen LogP contribution >= 0.6 is 0 Å². The van der Waals surface area contributed by atoms with Crippen LogP contribution in [-0.2, 0) is 16.0 Å². The highest BCUT2D eigenvalue weighted by molar-refractivity contribution is 6.14. The van der Waals surface area contributed by atoms with Gasteiger partial charge in [-0.15, -0.1) is 0 Å². The Morgan fingerprint density at radius 1 is 1.25 bits per heavy atom. The van der Waals surface area contributed by atoms with Crippen LogP contribution in [0.5, 0.6) is 5.75 Å².